The zero-order valence-electron chi connectivity index (χ0n) is 19.6. The fourth-order valence-corrected chi connectivity index (χ4v) is 5.83. The summed E-state index contributed by atoms with van der Waals surface area (Å²) in [6.45, 7) is 0. The number of benzene rings is 3. The summed E-state index contributed by atoms with van der Waals surface area (Å²) in [5.41, 5.74) is 4.88. The van der Waals surface area contributed by atoms with E-state index in [1.807, 2.05) is 6.07 Å². The molecule has 0 heterocycles. The van der Waals surface area contributed by atoms with Crippen LogP contribution >= 0.6 is 0 Å². The first-order valence-electron chi connectivity index (χ1n) is 13.2. The second kappa shape index (κ2) is 8.97. The number of hydrogen-bond donors (Lipinski definition) is 1. The predicted octanol–water partition coefficient (Wildman–Crippen LogP) is 7.72. The number of carbonyl (C=O) groups excluding carboxylic acids is 1. The highest BCUT2D eigenvalue weighted by atomic mass is 16.1. The van der Waals surface area contributed by atoms with Crippen LogP contribution in [0.3, 0.4) is 0 Å². The average Bonchev–Trinajstić information content (AvgIpc) is 3.79. The normalized spacial score (nSPS) is 19.6. The first kappa shape index (κ1) is 21.0. The lowest BCUT2D eigenvalue weighted by Gasteiger charge is -2.26. The van der Waals surface area contributed by atoms with Gasteiger partial charge in [0.1, 0.15) is 0 Å². The Morgan fingerprint density at radius 2 is 1.64 bits per heavy atom. The fourth-order valence-electron chi connectivity index (χ4n) is 5.83. The number of fused-ring (bicyclic) bond motifs is 1. The summed E-state index contributed by atoms with van der Waals surface area (Å²) in [4.78, 5) is 13.7. The van der Waals surface area contributed by atoms with Gasteiger partial charge in [0, 0.05) is 5.56 Å². The molecule has 3 aliphatic carbocycles. The van der Waals surface area contributed by atoms with Crippen LogP contribution in [0.15, 0.2) is 60.7 Å². The molecule has 0 aliphatic heterocycles. The Labute approximate surface area is 197 Å². The number of nitrogens with one attached hydrogen (secondary N) is 1. The third-order valence-electron chi connectivity index (χ3n) is 8.21. The Bertz CT molecular complexity index is 1130. The molecule has 0 saturated heterocycles. The van der Waals surface area contributed by atoms with Crippen LogP contribution in [-0.2, 0) is 6.42 Å². The molecule has 0 bridgehead atoms. The van der Waals surface area contributed by atoms with Gasteiger partial charge in [-0.25, -0.2) is 0 Å². The summed E-state index contributed by atoms with van der Waals surface area (Å²) < 4.78 is 0. The first-order valence-corrected chi connectivity index (χ1v) is 13.2. The third kappa shape index (κ3) is 4.71. The van der Waals surface area contributed by atoms with Crippen LogP contribution in [0, 0.1) is 11.8 Å². The highest BCUT2D eigenvalue weighted by Crippen LogP contribution is 2.42. The molecular weight excluding hydrogens is 402 g/mol. The van der Waals surface area contributed by atoms with Crippen molar-refractivity contribution in [3.63, 3.8) is 0 Å². The maximum atomic E-state index is 13.7. The Kier molecular flexibility index (Phi) is 5.70. The molecule has 0 unspecified atom stereocenters. The van der Waals surface area contributed by atoms with Gasteiger partial charge in [-0.15, -0.1) is 0 Å². The molecule has 3 saturated carbocycles. The largest absolute Gasteiger partial charge is 0.345 e. The molecular formula is C31H35NO. The summed E-state index contributed by atoms with van der Waals surface area (Å²) in [6, 6.07) is 22.1. The van der Waals surface area contributed by atoms with E-state index in [1.54, 1.807) is 0 Å². The maximum absolute atomic E-state index is 13.7. The lowest BCUT2D eigenvalue weighted by molar-refractivity contribution is 0.0923. The zero-order valence-corrected chi connectivity index (χ0v) is 19.6. The number of carbonyl (C=O) groups is 1. The van der Waals surface area contributed by atoms with Crippen molar-refractivity contribution < 1.29 is 4.79 Å². The van der Waals surface area contributed by atoms with Crippen LogP contribution in [0.5, 0.6) is 0 Å². The molecule has 6 rings (SSSR count). The van der Waals surface area contributed by atoms with E-state index >= 15 is 0 Å². The minimum absolute atomic E-state index is 0.0865. The van der Waals surface area contributed by atoms with Gasteiger partial charge >= 0.3 is 0 Å². The molecule has 1 amide bonds. The SMILES string of the molecule is O=C(N[C@@H](c1ccc(CCC2CC2)cc1)C1CCCC1)c1cc(C2CC2)cc2ccccc12. The first-order chi connectivity index (χ1) is 16.2. The monoisotopic (exact) mass is 437 g/mol. The second-order valence-corrected chi connectivity index (χ2v) is 10.8. The molecule has 3 fully saturated rings. The molecule has 170 valence electrons. The molecule has 0 aromatic heterocycles. The van der Waals surface area contributed by atoms with Gasteiger partial charge in [0.2, 0.25) is 0 Å². The molecule has 1 atom stereocenters. The minimum Gasteiger partial charge on any atom is -0.345 e. The van der Waals surface area contributed by atoms with Gasteiger partial charge < -0.3 is 5.32 Å². The maximum Gasteiger partial charge on any atom is 0.252 e. The molecule has 3 aliphatic rings. The van der Waals surface area contributed by atoms with E-state index in [1.165, 1.54) is 86.3 Å². The molecule has 0 spiro atoms. The Balaban J connectivity index is 1.27. The Morgan fingerprint density at radius 3 is 2.36 bits per heavy atom. The van der Waals surface area contributed by atoms with Crippen LogP contribution in [0.2, 0.25) is 0 Å². The Hall–Kier alpha value is -2.61. The van der Waals surface area contributed by atoms with E-state index in [0.717, 1.165) is 16.9 Å². The van der Waals surface area contributed by atoms with Gasteiger partial charge in [0.05, 0.1) is 6.04 Å². The average molecular weight is 438 g/mol. The molecule has 33 heavy (non-hydrogen) atoms. The number of hydrogen-bond acceptors (Lipinski definition) is 1. The predicted molar refractivity (Wildman–Crippen MR) is 136 cm³/mol. The van der Waals surface area contributed by atoms with E-state index in [2.05, 4.69) is 59.9 Å². The van der Waals surface area contributed by atoms with Crippen molar-refractivity contribution >= 4 is 16.7 Å². The van der Waals surface area contributed by atoms with Crippen molar-refractivity contribution in [2.45, 2.75) is 76.2 Å². The van der Waals surface area contributed by atoms with E-state index < -0.39 is 0 Å². The lowest BCUT2D eigenvalue weighted by Crippen LogP contribution is -2.33. The highest BCUT2D eigenvalue weighted by Gasteiger charge is 2.30. The number of amides is 1. The van der Waals surface area contributed by atoms with Gasteiger partial charge in [-0.2, -0.15) is 0 Å². The van der Waals surface area contributed by atoms with Crippen molar-refractivity contribution in [3.05, 3.63) is 82.9 Å². The standard InChI is InChI=1S/C31H35NO/c33-31(29-20-27(23-17-18-23)19-26-7-3-4-8-28(26)29)32-30(24-5-1-2-6-24)25-15-13-22(14-16-25)12-11-21-9-10-21/h3-4,7-8,13-16,19-21,23-24,30H,1-2,5-6,9-12,17-18H2,(H,32,33)/t30-/m1/s1. The zero-order chi connectivity index (χ0) is 22.2. The smallest absolute Gasteiger partial charge is 0.252 e. The molecule has 1 N–H and O–H groups in total. The van der Waals surface area contributed by atoms with Crippen molar-refractivity contribution in [3.8, 4) is 0 Å². The van der Waals surface area contributed by atoms with Gasteiger partial charge in [-0.1, -0.05) is 80.3 Å². The van der Waals surface area contributed by atoms with Gasteiger partial charge in [0.25, 0.3) is 5.91 Å². The molecule has 0 radical (unpaired) electrons. The van der Waals surface area contributed by atoms with Crippen molar-refractivity contribution in [2.75, 3.05) is 0 Å². The van der Waals surface area contributed by atoms with Crippen molar-refractivity contribution in [2.24, 2.45) is 11.8 Å². The van der Waals surface area contributed by atoms with E-state index in [9.17, 15) is 4.79 Å². The van der Waals surface area contributed by atoms with Crippen LogP contribution in [0.1, 0.15) is 96.8 Å². The van der Waals surface area contributed by atoms with Crippen molar-refractivity contribution in [1.29, 1.82) is 0 Å². The molecule has 2 heteroatoms. The van der Waals surface area contributed by atoms with Gasteiger partial charge in [-0.05, 0) is 89.8 Å². The topological polar surface area (TPSA) is 29.1 Å². The number of aryl methyl sites for hydroxylation is 1. The van der Waals surface area contributed by atoms with Crippen LogP contribution in [0.4, 0.5) is 0 Å². The molecule has 3 aromatic rings. The van der Waals surface area contributed by atoms with Gasteiger partial charge in [0.15, 0.2) is 0 Å². The van der Waals surface area contributed by atoms with E-state index in [-0.39, 0.29) is 11.9 Å². The summed E-state index contributed by atoms with van der Waals surface area (Å²) in [7, 11) is 0. The summed E-state index contributed by atoms with van der Waals surface area (Å²) in [5.74, 6) is 2.22. The van der Waals surface area contributed by atoms with Crippen LogP contribution in [0.25, 0.3) is 10.8 Å². The number of rotatable bonds is 8. The molecule has 2 nitrogen and oxygen atoms in total. The fraction of sp³-hybridized carbons (Fsp3) is 0.452. The summed E-state index contributed by atoms with van der Waals surface area (Å²) in [6.07, 6.45) is 12.8. The quantitative estimate of drug-likeness (QED) is 0.384. The van der Waals surface area contributed by atoms with Crippen LogP contribution < -0.4 is 5.32 Å². The van der Waals surface area contributed by atoms with Crippen molar-refractivity contribution in [1.82, 2.24) is 5.32 Å². The minimum atomic E-state index is 0.0865. The van der Waals surface area contributed by atoms with Gasteiger partial charge in [-0.3, -0.25) is 4.79 Å². The third-order valence-corrected chi connectivity index (χ3v) is 8.21. The summed E-state index contributed by atoms with van der Waals surface area (Å²) in [5, 5.41) is 5.77. The van der Waals surface area contributed by atoms with E-state index in [0.29, 0.717) is 11.8 Å². The Morgan fingerprint density at radius 1 is 0.879 bits per heavy atom. The summed E-state index contributed by atoms with van der Waals surface area (Å²) >= 11 is 0. The van der Waals surface area contributed by atoms with Crippen LogP contribution in [-0.4, -0.2) is 5.91 Å². The van der Waals surface area contributed by atoms with E-state index in [4.69, 9.17) is 0 Å². The molecule has 3 aromatic carbocycles. The highest BCUT2D eigenvalue weighted by molar-refractivity contribution is 6.07. The second-order valence-electron chi connectivity index (χ2n) is 10.8. The lowest BCUT2D eigenvalue weighted by atomic mass is 9.90.